The number of carbonyl (C=O) groups excluding carboxylic acids is 1. The SMILES string of the molecule is NCCC1CCCNC1C(N)=O. The third-order valence-corrected chi connectivity index (χ3v) is 2.43. The van der Waals surface area contributed by atoms with Crippen LogP contribution >= 0.6 is 0 Å². The van der Waals surface area contributed by atoms with E-state index in [1.54, 1.807) is 0 Å². The molecule has 2 atom stereocenters. The zero-order chi connectivity index (χ0) is 8.97. The van der Waals surface area contributed by atoms with Crippen molar-refractivity contribution >= 4 is 5.91 Å². The number of rotatable bonds is 3. The summed E-state index contributed by atoms with van der Waals surface area (Å²) in [6, 6.07) is -0.151. The van der Waals surface area contributed by atoms with E-state index in [0.717, 1.165) is 25.8 Å². The normalized spacial score (nSPS) is 30.1. The van der Waals surface area contributed by atoms with Gasteiger partial charge in [0.25, 0.3) is 0 Å². The molecule has 1 fully saturated rings. The highest BCUT2D eigenvalue weighted by Crippen LogP contribution is 2.18. The predicted octanol–water partition coefficient (Wildman–Crippen LogP) is -0.811. The zero-order valence-corrected chi connectivity index (χ0v) is 7.25. The number of primary amides is 1. The van der Waals surface area contributed by atoms with Gasteiger partial charge in [0.1, 0.15) is 0 Å². The molecule has 1 rings (SSSR count). The first-order chi connectivity index (χ1) is 5.75. The lowest BCUT2D eigenvalue weighted by molar-refractivity contribution is -0.121. The van der Waals surface area contributed by atoms with Crippen LogP contribution in [-0.2, 0) is 4.79 Å². The Kier molecular flexibility index (Phi) is 3.49. The largest absolute Gasteiger partial charge is 0.368 e. The molecule has 0 saturated carbocycles. The smallest absolute Gasteiger partial charge is 0.234 e. The third kappa shape index (κ3) is 2.19. The van der Waals surface area contributed by atoms with E-state index in [9.17, 15) is 4.79 Å². The zero-order valence-electron chi connectivity index (χ0n) is 7.25. The van der Waals surface area contributed by atoms with Crippen LogP contribution in [0.1, 0.15) is 19.3 Å². The number of piperidine rings is 1. The van der Waals surface area contributed by atoms with E-state index < -0.39 is 0 Å². The van der Waals surface area contributed by atoms with E-state index in [4.69, 9.17) is 11.5 Å². The molecule has 1 aliphatic rings. The van der Waals surface area contributed by atoms with Gasteiger partial charge in [0.05, 0.1) is 6.04 Å². The van der Waals surface area contributed by atoms with Crippen molar-refractivity contribution in [3.63, 3.8) is 0 Å². The van der Waals surface area contributed by atoms with Crippen molar-refractivity contribution < 1.29 is 4.79 Å². The highest BCUT2D eigenvalue weighted by Gasteiger charge is 2.27. The van der Waals surface area contributed by atoms with Crippen LogP contribution < -0.4 is 16.8 Å². The van der Waals surface area contributed by atoms with Crippen molar-refractivity contribution in [3.05, 3.63) is 0 Å². The lowest BCUT2D eigenvalue weighted by Crippen LogP contribution is -2.50. The molecule has 0 spiro atoms. The minimum absolute atomic E-state index is 0.151. The van der Waals surface area contributed by atoms with Crippen molar-refractivity contribution in [2.45, 2.75) is 25.3 Å². The van der Waals surface area contributed by atoms with Gasteiger partial charge in [0.2, 0.25) is 5.91 Å². The number of hydrogen-bond donors (Lipinski definition) is 3. The lowest BCUT2D eigenvalue weighted by atomic mass is 9.88. The molecule has 0 aromatic heterocycles. The molecule has 5 N–H and O–H groups in total. The molecule has 0 aromatic carbocycles. The van der Waals surface area contributed by atoms with Crippen molar-refractivity contribution in [3.8, 4) is 0 Å². The van der Waals surface area contributed by atoms with Crippen LogP contribution in [0, 0.1) is 5.92 Å². The fourth-order valence-corrected chi connectivity index (χ4v) is 1.81. The van der Waals surface area contributed by atoms with Crippen LogP contribution in [-0.4, -0.2) is 25.0 Å². The van der Waals surface area contributed by atoms with Gasteiger partial charge in [-0.05, 0) is 38.3 Å². The Hall–Kier alpha value is -0.610. The molecule has 0 radical (unpaired) electrons. The Bertz CT molecular complexity index is 158. The van der Waals surface area contributed by atoms with Gasteiger partial charge in [-0.3, -0.25) is 4.79 Å². The molecule has 12 heavy (non-hydrogen) atoms. The number of carbonyl (C=O) groups is 1. The second-order valence-electron chi connectivity index (χ2n) is 3.31. The van der Waals surface area contributed by atoms with Gasteiger partial charge in [0, 0.05) is 0 Å². The highest BCUT2D eigenvalue weighted by atomic mass is 16.1. The first-order valence-corrected chi connectivity index (χ1v) is 4.48. The van der Waals surface area contributed by atoms with Crippen molar-refractivity contribution in [1.82, 2.24) is 5.32 Å². The van der Waals surface area contributed by atoms with E-state index in [-0.39, 0.29) is 11.9 Å². The van der Waals surface area contributed by atoms with Crippen molar-refractivity contribution in [2.75, 3.05) is 13.1 Å². The predicted molar refractivity (Wildman–Crippen MR) is 47.4 cm³/mol. The average Bonchev–Trinajstić information content (AvgIpc) is 2.05. The molecule has 0 aromatic rings. The number of nitrogens with one attached hydrogen (secondary N) is 1. The van der Waals surface area contributed by atoms with E-state index in [2.05, 4.69) is 5.32 Å². The number of nitrogens with two attached hydrogens (primary N) is 2. The van der Waals surface area contributed by atoms with Crippen molar-refractivity contribution in [1.29, 1.82) is 0 Å². The third-order valence-electron chi connectivity index (χ3n) is 2.43. The van der Waals surface area contributed by atoms with Gasteiger partial charge < -0.3 is 16.8 Å². The summed E-state index contributed by atoms with van der Waals surface area (Å²) in [7, 11) is 0. The topological polar surface area (TPSA) is 81.1 Å². The molecule has 1 heterocycles. The van der Waals surface area contributed by atoms with Crippen LogP contribution in [0.15, 0.2) is 0 Å². The van der Waals surface area contributed by atoms with E-state index in [0.29, 0.717) is 12.5 Å². The molecule has 2 unspecified atom stereocenters. The Morgan fingerprint density at radius 3 is 2.92 bits per heavy atom. The van der Waals surface area contributed by atoms with Gasteiger partial charge in [0.15, 0.2) is 0 Å². The molecular formula is C8H17N3O. The van der Waals surface area contributed by atoms with Gasteiger partial charge in [-0.2, -0.15) is 0 Å². The summed E-state index contributed by atoms with van der Waals surface area (Å²) < 4.78 is 0. The second kappa shape index (κ2) is 4.42. The summed E-state index contributed by atoms with van der Waals surface area (Å²) in [6.45, 7) is 1.53. The molecule has 1 saturated heterocycles. The summed E-state index contributed by atoms with van der Waals surface area (Å²) in [5.74, 6) is 0.106. The summed E-state index contributed by atoms with van der Waals surface area (Å²) in [5, 5.41) is 3.12. The summed E-state index contributed by atoms with van der Waals surface area (Å²) in [4.78, 5) is 11.0. The molecule has 0 aliphatic carbocycles. The van der Waals surface area contributed by atoms with E-state index in [1.165, 1.54) is 0 Å². The number of amides is 1. The van der Waals surface area contributed by atoms with Crippen LogP contribution in [0.25, 0.3) is 0 Å². The fourth-order valence-electron chi connectivity index (χ4n) is 1.81. The monoisotopic (exact) mass is 171 g/mol. The van der Waals surface area contributed by atoms with E-state index in [1.807, 2.05) is 0 Å². The Morgan fingerprint density at radius 1 is 1.58 bits per heavy atom. The summed E-state index contributed by atoms with van der Waals surface area (Å²) in [5.41, 5.74) is 10.7. The maximum atomic E-state index is 11.0. The number of hydrogen-bond acceptors (Lipinski definition) is 3. The quantitative estimate of drug-likeness (QED) is 0.519. The molecule has 4 heteroatoms. The van der Waals surface area contributed by atoms with Crippen LogP contribution in [0.2, 0.25) is 0 Å². The first kappa shape index (κ1) is 9.48. The maximum absolute atomic E-state index is 11.0. The maximum Gasteiger partial charge on any atom is 0.234 e. The Morgan fingerprint density at radius 2 is 2.33 bits per heavy atom. The van der Waals surface area contributed by atoms with Crippen LogP contribution in [0.3, 0.4) is 0 Å². The van der Waals surface area contributed by atoms with E-state index >= 15 is 0 Å². The Labute approximate surface area is 72.7 Å². The van der Waals surface area contributed by atoms with Crippen LogP contribution in [0.5, 0.6) is 0 Å². The van der Waals surface area contributed by atoms with Gasteiger partial charge in [-0.25, -0.2) is 0 Å². The Balaban J connectivity index is 2.48. The first-order valence-electron chi connectivity index (χ1n) is 4.48. The molecular weight excluding hydrogens is 154 g/mol. The molecule has 1 amide bonds. The second-order valence-corrected chi connectivity index (χ2v) is 3.31. The van der Waals surface area contributed by atoms with Gasteiger partial charge >= 0.3 is 0 Å². The summed E-state index contributed by atoms with van der Waals surface area (Å²) >= 11 is 0. The summed E-state index contributed by atoms with van der Waals surface area (Å²) in [6.07, 6.45) is 3.08. The van der Waals surface area contributed by atoms with Crippen molar-refractivity contribution in [2.24, 2.45) is 17.4 Å². The minimum Gasteiger partial charge on any atom is -0.368 e. The molecule has 1 aliphatic heterocycles. The van der Waals surface area contributed by atoms with Gasteiger partial charge in [-0.15, -0.1) is 0 Å². The lowest BCUT2D eigenvalue weighted by Gasteiger charge is -2.29. The average molecular weight is 171 g/mol. The van der Waals surface area contributed by atoms with Gasteiger partial charge in [-0.1, -0.05) is 0 Å². The molecule has 70 valence electrons. The fraction of sp³-hybridized carbons (Fsp3) is 0.875. The van der Waals surface area contributed by atoms with Crippen LogP contribution in [0.4, 0.5) is 0 Å². The highest BCUT2D eigenvalue weighted by molar-refractivity contribution is 5.80. The minimum atomic E-state index is -0.242. The molecule has 0 bridgehead atoms. The molecule has 4 nitrogen and oxygen atoms in total. The standard InChI is InChI=1S/C8H17N3O/c9-4-3-6-2-1-5-11-7(6)8(10)12/h6-7,11H,1-5,9H2,(H2,10,12).